The third kappa shape index (κ3) is 3.45. The Morgan fingerprint density at radius 1 is 0.900 bits per heavy atom. The van der Waals surface area contributed by atoms with E-state index in [1.54, 1.807) is 0 Å². The van der Waals surface area contributed by atoms with Gasteiger partial charge in [-0.3, -0.25) is 4.79 Å². The molecular weight excluding hydrogens is 374 g/mol. The van der Waals surface area contributed by atoms with Crippen LogP contribution in [0.1, 0.15) is 40.7 Å². The van der Waals surface area contributed by atoms with Gasteiger partial charge in [0.1, 0.15) is 11.4 Å². The van der Waals surface area contributed by atoms with Gasteiger partial charge in [0.05, 0.1) is 17.7 Å². The molecule has 1 saturated heterocycles. The molecule has 0 atom stereocenters. The van der Waals surface area contributed by atoms with E-state index in [0.717, 1.165) is 59.9 Å². The Labute approximate surface area is 176 Å². The zero-order valence-electron chi connectivity index (χ0n) is 17.4. The maximum Gasteiger partial charge on any atom is 0.170 e. The quantitative estimate of drug-likeness (QED) is 0.622. The molecular formula is C25H25N3O2. The molecule has 3 heterocycles. The number of ketones is 1. The summed E-state index contributed by atoms with van der Waals surface area (Å²) in [6.07, 6.45) is 2.05. The summed E-state index contributed by atoms with van der Waals surface area (Å²) in [7, 11) is 0. The van der Waals surface area contributed by atoms with Crippen LogP contribution >= 0.6 is 0 Å². The van der Waals surface area contributed by atoms with Crippen molar-refractivity contribution in [3.63, 3.8) is 0 Å². The highest BCUT2D eigenvalue weighted by atomic mass is 16.5. The molecule has 2 aromatic carbocycles. The Balaban J connectivity index is 1.29. The van der Waals surface area contributed by atoms with Gasteiger partial charge in [0.15, 0.2) is 11.6 Å². The van der Waals surface area contributed by atoms with Crippen LogP contribution in [0.2, 0.25) is 0 Å². The molecule has 0 N–H and O–H groups in total. The smallest absolute Gasteiger partial charge is 0.170 e. The van der Waals surface area contributed by atoms with Gasteiger partial charge in [-0.1, -0.05) is 41.5 Å². The maximum atomic E-state index is 12.7. The number of carbonyl (C=O) groups excluding carboxylic acids is 1. The van der Waals surface area contributed by atoms with Gasteiger partial charge >= 0.3 is 0 Å². The molecule has 0 bridgehead atoms. The molecule has 1 aromatic heterocycles. The Kier molecular flexibility index (Phi) is 4.54. The molecule has 3 aromatic rings. The molecule has 2 aliphatic rings. The molecule has 0 saturated carbocycles. The van der Waals surface area contributed by atoms with Crippen molar-refractivity contribution >= 4 is 11.6 Å². The largest absolute Gasteiger partial charge is 0.486 e. The number of rotatable bonds is 2. The number of ether oxygens (including phenoxy) is 1. The van der Waals surface area contributed by atoms with Crippen LogP contribution in [-0.2, 0) is 0 Å². The molecule has 5 rings (SSSR count). The van der Waals surface area contributed by atoms with Crippen LogP contribution in [0.4, 0.5) is 5.82 Å². The minimum atomic E-state index is -0.398. The number of fused-ring (bicyclic) bond motifs is 1. The predicted octanol–water partition coefficient (Wildman–Crippen LogP) is 4.76. The summed E-state index contributed by atoms with van der Waals surface area (Å²) in [5.74, 6) is 1.79. The van der Waals surface area contributed by atoms with Crippen LogP contribution in [0.5, 0.6) is 5.75 Å². The number of hydrogen-bond acceptors (Lipinski definition) is 5. The first-order valence-corrected chi connectivity index (χ1v) is 10.5. The van der Waals surface area contributed by atoms with E-state index in [2.05, 4.69) is 46.3 Å². The van der Waals surface area contributed by atoms with Crippen molar-refractivity contribution in [2.75, 3.05) is 18.0 Å². The summed E-state index contributed by atoms with van der Waals surface area (Å²) in [4.78, 5) is 15.0. The lowest BCUT2D eigenvalue weighted by Gasteiger charge is -2.44. The van der Waals surface area contributed by atoms with Crippen LogP contribution in [0, 0.1) is 13.8 Å². The highest BCUT2D eigenvalue weighted by Gasteiger charge is 2.43. The fraction of sp³-hybridized carbons (Fsp3) is 0.320. The number of nitrogens with zero attached hydrogens (tertiary/aromatic N) is 3. The topological polar surface area (TPSA) is 55.3 Å². The van der Waals surface area contributed by atoms with Crippen LogP contribution in [0.25, 0.3) is 11.3 Å². The molecule has 30 heavy (non-hydrogen) atoms. The molecule has 0 unspecified atom stereocenters. The van der Waals surface area contributed by atoms with Crippen LogP contribution in [0.15, 0.2) is 54.6 Å². The van der Waals surface area contributed by atoms with Crippen molar-refractivity contribution in [1.82, 2.24) is 10.2 Å². The third-order valence-electron chi connectivity index (χ3n) is 6.24. The van der Waals surface area contributed by atoms with Gasteiger partial charge in [-0.15, -0.1) is 10.2 Å². The molecule has 1 spiro atoms. The lowest BCUT2D eigenvalue weighted by Crippen LogP contribution is -2.51. The van der Waals surface area contributed by atoms with Gasteiger partial charge in [0.2, 0.25) is 0 Å². The average Bonchev–Trinajstić information content (AvgIpc) is 2.76. The number of benzene rings is 2. The maximum absolute atomic E-state index is 12.7. The van der Waals surface area contributed by atoms with Gasteiger partial charge in [0, 0.05) is 31.5 Å². The number of hydrogen-bond donors (Lipinski definition) is 0. The van der Waals surface area contributed by atoms with Crippen molar-refractivity contribution in [1.29, 1.82) is 0 Å². The molecule has 152 valence electrons. The van der Waals surface area contributed by atoms with E-state index in [-0.39, 0.29) is 5.78 Å². The molecule has 0 aliphatic carbocycles. The van der Waals surface area contributed by atoms with Crippen molar-refractivity contribution in [3.05, 3.63) is 71.3 Å². The summed E-state index contributed by atoms with van der Waals surface area (Å²) in [6.45, 7) is 5.67. The summed E-state index contributed by atoms with van der Waals surface area (Å²) in [5.41, 5.74) is 4.59. The molecule has 0 amide bonds. The number of aryl methyl sites for hydroxylation is 2. The van der Waals surface area contributed by atoms with Crippen LogP contribution < -0.4 is 9.64 Å². The first kappa shape index (κ1) is 18.8. The first-order chi connectivity index (χ1) is 14.5. The SMILES string of the molecule is Cc1ccc(-c2ccc(N3CCC4(CC3)CC(=O)c3cc(C)ccc3O4)nn2)cc1. The monoisotopic (exact) mass is 399 g/mol. The number of piperidine rings is 1. The van der Waals surface area contributed by atoms with E-state index >= 15 is 0 Å². The minimum Gasteiger partial charge on any atom is -0.486 e. The standard InChI is InChI=1S/C25H25N3O2/c1-17-3-6-19(7-4-17)21-8-10-24(27-26-21)28-13-11-25(12-14-28)16-22(29)20-15-18(2)5-9-23(20)30-25/h3-10,15H,11-14,16H2,1-2H3. The second-order valence-electron chi connectivity index (χ2n) is 8.51. The van der Waals surface area contributed by atoms with Crippen LogP contribution in [0.3, 0.4) is 0 Å². The summed E-state index contributed by atoms with van der Waals surface area (Å²) in [6, 6.07) is 18.2. The van der Waals surface area contributed by atoms with Gasteiger partial charge in [-0.05, 0) is 38.1 Å². The van der Waals surface area contributed by atoms with E-state index in [0.29, 0.717) is 6.42 Å². The van der Waals surface area contributed by atoms with E-state index < -0.39 is 5.60 Å². The molecule has 0 radical (unpaired) electrons. The second-order valence-corrected chi connectivity index (χ2v) is 8.51. The van der Waals surface area contributed by atoms with Crippen LogP contribution in [-0.4, -0.2) is 34.7 Å². The lowest BCUT2D eigenvalue weighted by molar-refractivity contribution is 0.0231. The molecule has 2 aliphatic heterocycles. The first-order valence-electron chi connectivity index (χ1n) is 10.5. The van der Waals surface area contributed by atoms with Gasteiger partial charge in [-0.2, -0.15) is 0 Å². The van der Waals surface area contributed by atoms with E-state index in [4.69, 9.17) is 4.74 Å². The third-order valence-corrected chi connectivity index (χ3v) is 6.24. The van der Waals surface area contributed by atoms with Crippen molar-refractivity contribution in [2.24, 2.45) is 0 Å². The molecule has 5 nitrogen and oxygen atoms in total. The summed E-state index contributed by atoms with van der Waals surface area (Å²) in [5, 5.41) is 8.89. The molecule has 5 heteroatoms. The average molecular weight is 399 g/mol. The summed E-state index contributed by atoms with van der Waals surface area (Å²) < 4.78 is 6.37. The fourth-order valence-electron chi connectivity index (χ4n) is 4.40. The molecule has 1 fully saturated rings. The lowest BCUT2D eigenvalue weighted by atomic mass is 9.82. The number of Topliss-reactive ketones (excluding diaryl/α,β-unsaturated/α-hetero) is 1. The van der Waals surface area contributed by atoms with E-state index in [1.807, 2.05) is 37.3 Å². The zero-order valence-corrected chi connectivity index (χ0v) is 17.4. The minimum absolute atomic E-state index is 0.190. The highest BCUT2D eigenvalue weighted by Crippen LogP contribution is 2.40. The summed E-state index contributed by atoms with van der Waals surface area (Å²) >= 11 is 0. The Bertz CT molecular complexity index is 1080. The van der Waals surface area contributed by atoms with Crippen molar-refractivity contribution in [3.8, 4) is 17.0 Å². The fourth-order valence-corrected chi connectivity index (χ4v) is 4.40. The predicted molar refractivity (Wildman–Crippen MR) is 117 cm³/mol. The Morgan fingerprint density at radius 2 is 1.63 bits per heavy atom. The van der Waals surface area contributed by atoms with Gasteiger partial charge < -0.3 is 9.64 Å². The van der Waals surface area contributed by atoms with Crippen molar-refractivity contribution in [2.45, 2.75) is 38.7 Å². The zero-order chi connectivity index (χ0) is 20.7. The van der Waals surface area contributed by atoms with Gasteiger partial charge in [-0.25, -0.2) is 0 Å². The number of aromatic nitrogens is 2. The second kappa shape index (κ2) is 7.24. The van der Waals surface area contributed by atoms with Crippen molar-refractivity contribution < 1.29 is 9.53 Å². The van der Waals surface area contributed by atoms with Gasteiger partial charge in [0.25, 0.3) is 0 Å². The highest BCUT2D eigenvalue weighted by molar-refractivity contribution is 6.00. The Morgan fingerprint density at radius 3 is 2.33 bits per heavy atom. The van der Waals surface area contributed by atoms with E-state index in [9.17, 15) is 4.79 Å². The van der Waals surface area contributed by atoms with E-state index in [1.165, 1.54) is 5.56 Å². The number of carbonyl (C=O) groups is 1. The number of anilines is 1. The normalized spacial score (nSPS) is 17.5. The Hall–Kier alpha value is -3.21.